The van der Waals surface area contributed by atoms with Gasteiger partial charge in [-0.25, -0.2) is 0 Å². The molecule has 16 N–H and O–H groups in total. The monoisotopic (exact) mass is 504 g/mol. The van der Waals surface area contributed by atoms with E-state index in [0.717, 1.165) is 0 Å². The molecular formula is C6H32N6O12P4. The van der Waals surface area contributed by atoms with Crippen molar-refractivity contribution in [3.63, 3.8) is 0 Å². The Kier molecular flexibility index (Phi) is 20.0. The Labute approximate surface area is 167 Å². The smallest absolute Gasteiger partial charge is 0.810 e. The van der Waals surface area contributed by atoms with Crippen molar-refractivity contribution in [2.75, 3.05) is 38.2 Å². The van der Waals surface area contributed by atoms with Gasteiger partial charge in [0.2, 0.25) is 0 Å². The molecule has 0 saturated carbocycles. The van der Waals surface area contributed by atoms with Gasteiger partial charge in [0.1, 0.15) is 0 Å². The molecule has 0 aliphatic carbocycles. The first kappa shape index (κ1) is 38.9. The summed E-state index contributed by atoms with van der Waals surface area (Å²) in [6, 6.07) is 0. The number of quaternary nitrogens is 4. The van der Waals surface area contributed by atoms with E-state index in [9.17, 15) is 57.4 Å². The molecule has 0 heterocycles. The Balaban J connectivity index is -0.0000000945. The fourth-order valence-corrected chi connectivity index (χ4v) is 4.88. The Hall–Kier alpha value is 0.360. The van der Waals surface area contributed by atoms with Crippen LogP contribution < -0.4 is 63.7 Å². The lowest BCUT2D eigenvalue weighted by molar-refractivity contribution is -0.322. The fraction of sp³-hybridized carbons (Fsp3) is 1.00. The molecule has 178 valence electrons. The van der Waals surface area contributed by atoms with E-state index in [2.05, 4.69) is 0 Å². The molecule has 0 aromatic rings. The van der Waals surface area contributed by atoms with Gasteiger partial charge in [0.25, 0.3) is 0 Å². The minimum Gasteiger partial charge on any atom is -0.810 e. The third-order valence-corrected chi connectivity index (χ3v) is 5.21. The molecule has 0 aromatic carbocycles. The summed E-state index contributed by atoms with van der Waals surface area (Å²) in [7, 11) is -21.2. The SMILES string of the molecule is O=P([O-])([O-])CN(CCN(CP(=O)([O-])[O-])CP(=O)([O-])[O-])CP(=O)([O-])[O-].[H+].[H+].[H+].[H+].[NH4+].[NH4+].[NH4+].[NH4+]. The Bertz CT molecular complexity index is 515. The molecule has 0 bridgehead atoms. The predicted octanol–water partition coefficient (Wildman–Crippen LogP) is -4.97. The largest absolute Gasteiger partial charge is 1.00 e. The molecule has 0 rings (SSSR count). The highest BCUT2D eigenvalue weighted by atomic mass is 31.2. The summed E-state index contributed by atoms with van der Waals surface area (Å²) in [5, 5.41) is 0. The molecule has 0 amide bonds. The van der Waals surface area contributed by atoms with E-state index in [4.69, 9.17) is 0 Å². The van der Waals surface area contributed by atoms with Crippen LogP contribution in [0.2, 0.25) is 0 Å². The standard InChI is InChI=1S/C6H20N2O12P4.4H3N/c9-21(10,11)3-7(4-22(12,13)14)1-2-8(5-23(15,16)17)6-24(18,19)20;;;;/h1-6H2,(H2,9,10,11)(H2,12,13,14)(H2,15,16,17)(H2,18,19,20);4*1H3. The summed E-state index contributed by atoms with van der Waals surface area (Å²) in [4.78, 5) is 85.9. The highest BCUT2D eigenvalue weighted by Crippen LogP contribution is 2.32. The minimum atomic E-state index is -5.30. The van der Waals surface area contributed by atoms with Gasteiger partial charge in [-0.15, -0.1) is 0 Å². The number of rotatable bonds is 11. The van der Waals surface area contributed by atoms with Crippen LogP contribution in [0.5, 0.6) is 0 Å². The Morgan fingerprint density at radius 2 is 0.607 bits per heavy atom. The van der Waals surface area contributed by atoms with Crippen LogP contribution in [0.15, 0.2) is 0 Å². The van der Waals surface area contributed by atoms with Gasteiger partial charge < -0.3 is 82.0 Å². The molecule has 0 saturated heterocycles. The van der Waals surface area contributed by atoms with Crippen molar-refractivity contribution in [3.8, 4) is 0 Å². The highest BCUT2D eigenvalue weighted by molar-refractivity contribution is 7.50. The second-order valence-corrected chi connectivity index (χ2v) is 10.8. The van der Waals surface area contributed by atoms with E-state index < -0.39 is 68.6 Å². The zero-order chi connectivity index (χ0) is 19.4. The van der Waals surface area contributed by atoms with Crippen LogP contribution in [0.25, 0.3) is 0 Å². The van der Waals surface area contributed by atoms with Gasteiger partial charge in [0.05, 0.1) is 0 Å². The van der Waals surface area contributed by atoms with E-state index in [0.29, 0.717) is 9.80 Å². The van der Waals surface area contributed by atoms with Crippen molar-refractivity contribution >= 4 is 30.4 Å². The van der Waals surface area contributed by atoms with Crippen molar-refractivity contribution in [2.45, 2.75) is 0 Å². The van der Waals surface area contributed by atoms with E-state index in [1.807, 2.05) is 0 Å². The van der Waals surface area contributed by atoms with Gasteiger partial charge in [-0.1, -0.05) is 30.4 Å². The number of nitrogens with zero attached hydrogens (tertiary/aromatic N) is 2. The fourth-order valence-electron chi connectivity index (χ4n) is 1.63. The summed E-state index contributed by atoms with van der Waals surface area (Å²) < 4.78 is 42.7. The van der Waals surface area contributed by atoms with Crippen molar-refractivity contribution in [3.05, 3.63) is 0 Å². The van der Waals surface area contributed by atoms with Gasteiger partial charge in [-0.05, 0) is 0 Å². The maximum atomic E-state index is 10.7. The molecule has 0 aliphatic heterocycles. The van der Waals surface area contributed by atoms with Crippen molar-refractivity contribution in [1.29, 1.82) is 0 Å². The molecule has 18 nitrogen and oxygen atoms in total. The van der Waals surface area contributed by atoms with Crippen molar-refractivity contribution in [1.82, 2.24) is 34.4 Å². The lowest BCUT2D eigenvalue weighted by atomic mass is 10.5. The molecule has 0 unspecified atom stereocenters. The van der Waals surface area contributed by atoms with Gasteiger partial charge >= 0.3 is 5.71 Å². The zero-order valence-electron chi connectivity index (χ0n) is 19.8. The van der Waals surface area contributed by atoms with Crippen molar-refractivity contribution in [2.24, 2.45) is 0 Å². The summed E-state index contributed by atoms with van der Waals surface area (Å²) in [6.07, 6.45) is -5.63. The van der Waals surface area contributed by atoms with Crippen LogP contribution in [0.3, 0.4) is 0 Å². The summed E-state index contributed by atoms with van der Waals surface area (Å²) in [6.45, 7) is -1.55. The van der Waals surface area contributed by atoms with E-state index in [1.165, 1.54) is 0 Å². The molecule has 0 radical (unpaired) electrons. The maximum absolute atomic E-state index is 10.7. The third-order valence-electron chi connectivity index (χ3n) is 2.23. The minimum absolute atomic E-state index is 0. The van der Waals surface area contributed by atoms with Crippen LogP contribution in [0.4, 0.5) is 0 Å². The van der Waals surface area contributed by atoms with Crippen LogP contribution in [0.1, 0.15) is 5.71 Å². The normalized spacial score (nSPS) is 12.5. The third kappa shape index (κ3) is 26.4. The first-order valence-corrected chi connectivity index (χ1v) is 12.8. The molecule has 0 spiro atoms. The predicted molar refractivity (Wildman–Crippen MR) is 91.7 cm³/mol. The van der Waals surface area contributed by atoms with Crippen LogP contribution in [-0.2, 0) is 18.3 Å². The lowest BCUT2D eigenvalue weighted by Crippen LogP contribution is -2.43. The van der Waals surface area contributed by atoms with E-state index in [-0.39, 0.29) is 30.3 Å². The summed E-state index contributed by atoms with van der Waals surface area (Å²) in [5.74, 6) is 0. The van der Waals surface area contributed by atoms with Crippen LogP contribution >= 0.6 is 30.4 Å². The van der Waals surface area contributed by atoms with Crippen LogP contribution in [-0.4, -0.2) is 48.0 Å². The van der Waals surface area contributed by atoms with Gasteiger partial charge in [-0.3, -0.25) is 9.80 Å². The average molecular weight is 504 g/mol. The molecule has 0 aromatic heterocycles. The summed E-state index contributed by atoms with van der Waals surface area (Å²) in [5.41, 5.74) is 0. The Morgan fingerprint density at radius 3 is 0.714 bits per heavy atom. The zero-order valence-corrected chi connectivity index (χ0v) is 19.4. The van der Waals surface area contributed by atoms with Crippen LogP contribution in [0, 0.1) is 0 Å². The molecule has 0 aliphatic rings. The number of hydrogen-bond donors (Lipinski definition) is 4. The first-order valence-electron chi connectivity index (χ1n) is 5.85. The van der Waals surface area contributed by atoms with Gasteiger partial charge in [0, 0.05) is 38.2 Å². The van der Waals surface area contributed by atoms with E-state index in [1.54, 1.807) is 0 Å². The summed E-state index contributed by atoms with van der Waals surface area (Å²) >= 11 is 0. The average Bonchev–Trinajstić information content (AvgIpc) is 2.16. The Morgan fingerprint density at radius 1 is 0.464 bits per heavy atom. The van der Waals surface area contributed by atoms with Gasteiger partial charge in [0.15, 0.2) is 0 Å². The molecule has 28 heavy (non-hydrogen) atoms. The second-order valence-electron chi connectivity index (χ2n) is 4.80. The topological polar surface area (TPSA) is 405 Å². The van der Waals surface area contributed by atoms with Crippen molar-refractivity contribution < 1.29 is 63.1 Å². The highest BCUT2D eigenvalue weighted by Gasteiger charge is 2.14. The number of hydrogen-bond acceptors (Lipinski definition) is 14. The maximum Gasteiger partial charge on any atom is 1.00 e. The molecule has 0 fully saturated rings. The molecule has 22 heteroatoms. The van der Waals surface area contributed by atoms with E-state index >= 15 is 0 Å². The molecule has 0 atom stereocenters. The first-order chi connectivity index (χ1) is 10.4. The quantitative estimate of drug-likeness (QED) is 0.191. The second kappa shape index (κ2) is 14.4. The lowest BCUT2D eigenvalue weighted by Gasteiger charge is -2.44. The molecular weight excluding hydrogens is 472 g/mol. The van der Waals surface area contributed by atoms with Gasteiger partial charge in [-0.2, -0.15) is 0 Å².